The average molecular weight is 361 g/mol. The summed E-state index contributed by atoms with van der Waals surface area (Å²) in [5, 5.41) is 2.95. The van der Waals surface area contributed by atoms with Crippen LogP contribution in [-0.4, -0.2) is 63.7 Å². The third kappa shape index (κ3) is 4.24. The first-order valence-electron chi connectivity index (χ1n) is 9.94. The van der Waals surface area contributed by atoms with Crippen LogP contribution in [0.2, 0.25) is 0 Å². The summed E-state index contributed by atoms with van der Waals surface area (Å²) in [6, 6.07) is 8.19. The molecular weight excluding hydrogens is 328 g/mol. The molecule has 1 aromatic carbocycles. The Morgan fingerprint density at radius 3 is 2.65 bits per heavy atom. The van der Waals surface area contributed by atoms with Gasteiger partial charge in [0, 0.05) is 18.8 Å². The zero-order chi connectivity index (χ0) is 18.5. The summed E-state index contributed by atoms with van der Waals surface area (Å²) in [6.45, 7) is 10.00. The van der Waals surface area contributed by atoms with Gasteiger partial charge in [-0.25, -0.2) is 0 Å². The first kappa shape index (κ1) is 18.9. The Bertz CT molecular complexity index is 640. The number of quaternary nitrogens is 2. The first-order valence-corrected chi connectivity index (χ1v) is 9.94. The molecule has 0 aromatic heterocycles. The third-order valence-electron chi connectivity index (χ3n) is 5.72. The molecule has 0 radical (unpaired) electrons. The maximum atomic E-state index is 13.0. The summed E-state index contributed by atoms with van der Waals surface area (Å²) in [5.41, 5.74) is 2.36. The minimum Gasteiger partial charge on any atom is -0.351 e. The molecule has 1 atom stereocenters. The van der Waals surface area contributed by atoms with E-state index in [0.29, 0.717) is 6.54 Å². The molecule has 0 saturated carbocycles. The number of piperazine rings is 1. The van der Waals surface area contributed by atoms with Gasteiger partial charge in [0.05, 0.1) is 0 Å². The van der Waals surface area contributed by atoms with Gasteiger partial charge in [0.2, 0.25) is 0 Å². The van der Waals surface area contributed by atoms with Gasteiger partial charge in [-0.1, -0.05) is 25.1 Å². The molecule has 2 amide bonds. The molecule has 0 spiro atoms. The van der Waals surface area contributed by atoms with E-state index < -0.39 is 0 Å². The fourth-order valence-corrected chi connectivity index (χ4v) is 4.06. The summed E-state index contributed by atoms with van der Waals surface area (Å²) < 4.78 is 0. The number of nitrogens with zero attached hydrogens (tertiary/aromatic N) is 1. The van der Waals surface area contributed by atoms with E-state index in [1.54, 1.807) is 0 Å². The highest BCUT2D eigenvalue weighted by atomic mass is 16.2. The molecule has 1 saturated heterocycles. The van der Waals surface area contributed by atoms with Crippen molar-refractivity contribution in [3.8, 4) is 0 Å². The number of carbonyl (C=O) groups is 2. The van der Waals surface area contributed by atoms with Gasteiger partial charge in [0.15, 0.2) is 12.6 Å². The number of fused-ring (bicyclic) bond motifs is 1. The number of amides is 2. The maximum Gasteiger partial charge on any atom is 0.284 e. The predicted molar refractivity (Wildman–Crippen MR) is 102 cm³/mol. The van der Waals surface area contributed by atoms with Gasteiger partial charge < -0.3 is 20.0 Å². The second kappa shape index (κ2) is 8.64. The Balaban J connectivity index is 1.50. The minimum atomic E-state index is -0.0309. The van der Waals surface area contributed by atoms with Crippen LogP contribution >= 0.6 is 0 Å². The predicted octanol–water partition coefficient (Wildman–Crippen LogP) is -1.73. The number of hydrogen-bond acceptors (Lipinski definition) is 2. The molecule has 142 valence electrons. The lowest BCUT2D eigenvalue weighted by Gasteiger charge is -2.33. The van der Waals surface area contributed by atoms with Gasteiger partial charge in [-0.05, 0) is 31.4 Å². The van der Waals surface area contributed by atoms with Gasteiger partial charge in [-0.15, -0.1) is 0 Å². The lowest BCUT2D eigenvalue weighted by Crippen LogP contribution is -3.30. The van der Waals surface area contributed by atoms with E-state index in [0.717, 1.165) is 57.8 Å². The van der Waals surface area contributed by atoms with Crippen LogP contribution in [0, 0.1) is 0 Å². The van der Waals surface area contributed by atoms with Crippen LogP contribution in [0.1, 0.15) is 25.8 Å². The third-order valence-corrected chi connectivity index (χ3v) is 5.72. The monoisotopic (exact) mass is 360 g/mol. The lowest BCUT2D eigenvalue weighted by atomic mass is 10.1. The molecule has 26 heavy (non-hydrogen) atoms. The molecular formula is C20H32N4O2+2. The molecule has 2 aliphatic rings. The molecule has 0 bridgehead atoms. The van der Waals surface area contributed by atoms with E-state index in [1.807, 2.05) is 17.0 Å². The smallest absolute Gasteiger partial charge is 0.284 e. The topological polar surface area (TPSA) is 58.3 Å². The number of benzene rings is 1. The van der Waals surface area contributed by atoms with E-state index in [4.69, 9.17) is 0 Å². The second-order valence-electron chi connectivity index (χ2n) is 7.53. The summed E-state index contributed by atoms with van der Waals surface area (Å²) in [7, 11) is 0. The zero-order valence-corrected chi connectivity index (χ0v) is 16.0. The molecule has 1 aromatic rings. The van der Waals surface area contributed by atoms with Crippen molar-refractivity contribution in [2.24, 2.45) is 0 Å². The summed E-state index contributed by atoms with van der Waals surface area (Å²) in [4.78, 5) is 29.5. The first-order chi connectivity index (χ1) is 12.6. The highest BCUT2D eigenvalue weighted by Gasteiger charge is 2.36. The summed E-state index contributed by atoms with van der Waals surface area (Å²) in [6.07, 6.45) is 1.92. The normalized spacial score (nSPS) is 23.4. The standard InChI is InChI=1S/C20H30N4O2/c1-3-9-21-19(25)15-22-11-13-23(14-12-22)16(2)20(26)24-10-8-17-6-4-5-7-18(17)24/h4-7,16H,3,8-15H2,1-2H3,(H,21,25)/p+2/t16-/m0/s1. The van der Waals surface area contributed by atoms with Crippen molar-refractivity contribution < 1.29 is 19.4 Å². The second-order valence-corrected chi connectivity index (χ2v) is 7.53. The largest absolute Gasteiger partial charge is 0.351 e. The van der Waals surface area contributed by atoms with Crippen LogP contribution < -0.4 is 20.0 Å². The Labute approximate surface area is 156 Å². The molecule has 0 unspecified atom stereocenters. The fraction of sp³-hybridized carbons (Fsp3) is 0.600. The number of carbonyl (C=O) groups excluding carboxylic acids is 2. The molecule has 6 nitrogen and oxygen atoms in total. The van der Waals surface area contributed by atoms with Crippen LogP contribution in [-0.2, 0) is 16.0 Å². The van der Waals surface area contributed by atoms with Crippen molar-refractivity contribution in [1.29, 1.82) is 0 Å². The number of rotatable bonds is 6. The van der Waals surface area contributed by atoms with Gasteiger partial charge in [-0.3, -0.25) is 9.59 Å². The summed E-state index contributed by atoms with van der Waals surface area (Å²) in [5.74, 6) is 0.372. The van der Waals surface area contributed by atoms with Crippen LogP contribution in [0.15, 0.2) is 24.3 Å². The van der Waals surface area contributed by atoms with E-state index in [-0.39, 0.29) is 17.9 Å². The molecule has 3 rings (SSSR count). The van der Waals surface area contributed by atoms with Crippen molar-refractivity contribution in [2.75, 3.05) is 50.7 Å². The Morgan fingerprint density at radius 1 is 1.19 bits per heavy atom. The number of anilines is 1. The van der Waals surface area contributed by atoms with Crippen molar-refractivity contribution in [3.63, 3.8) is 0 Å². The average Bonchev–Trinajstić information content (AvgIpc) is 3.10. The van der Waals surface area contributed by atoms with Crippen LogP contribution in [0.3, 0.4) is 0 Å². The van der Waals surface area contributed by atoms with Crippen molar-refractivity contribution in [3.05, 3.63) is 29.8 Å². The fourth-order valence-electron chi connectivity index (χ4n) is 4.06. The Morgan fingerprint density at radius 2 is 1.92 bits per heavy atom. The van der Waals surface area contributed by atoms with Crippen LogP contribution in [0.5, 0.6) is 0 Å². The lowest BCUT2D eigenvalue weighted by molar-refractivity contribution is -1.01. The number of para-hydroxylation sites is 1. The molecule has 2 heterocycles. The zero-order valence-electron chi connectivity index (χ0n) is 16.0. The van der Waals surface area contributed by atoms with Crippen LogP contribution in [0.25, 0.3) is 0 Å². The van der Waals surface area contributed by atoms with E-state index >= 15 is 0 Å². The van der Waals surface area contributed by atoms with Gasteiger partial charge in [0.1, 0.15) is 26.2 Å². The Hall–Kier alpha value is -1.92. The van der Waals surface area contributed by atoms with Crippen molar-refractivity contribution >= 4 is 17.5 Å². The number of hydrogen-bond donors (Lipinski definition) is 3. The molecule has 2 aliphatic heterocycles. The van der Waals surface area contributed by atoms with Gasteiger partial charge >= 0.3 is 0 Å². The molecule has 1 fully saturated rings. The molecule has 6 heteroatoms. The quantitative estimate of drug-likeness (QED) is 0.565. The minimum absolute atomic E-state index is 0.0309. The van der Waals surface area contributed by atoms with Crippen LogP contribution in [0.4, 0.5) is 5.69 Å². The highest BCUT2D eigenvalue weighted by Crippen LogP contribution is 2.27. The Kier molecular flexibility index (Phi) is 6.27. The maximum absolute atomic E-state index is 13.0. The molecule has 3 N–H and O–H groups in total. The van der Waals surface area contributed by atoms with E-state index in [2.05, 4.69) is 31.3 Å². The molecule has 0 aliphatic carbocycles. The summed E-state index contributed by atoms with van der Waals surface area (Å²) >= 11 is 0. The van der Waals surface area contributed by atoms with Gasteiger partial charge in [0.25, 0.3) is 11.8 Å². The SMILES string of the molecule is CCCNC(=O)C[NH+]1CC[NH+]([C@@H](C)C(=O)N2CCc3ccccc32)CC1. The highest BCUT2D eigenvalue weighted by molar-refractivity contribution is 5.97. The van der Waals surface area contributed by atoms with Gasteiger partial charge in [-0.2, -0.15) is 0 Å². The number of nitrogens with one attached hydrogen (secondary N) is 3. The van der Waals surface area contributed by atoms with E-state index in [1.165, 1.54) is 15.4 Å². The van der Waals surface area contributed by atoms with Crippen molar-refractivity contribution in [1.82, 2.24) is 5.32 Å². The van der Waals surface area contributed by atoms with E-state index in [9.17, 15) is 9.59 Å². The van der Waals surface area contributed by atoms with Crippen molar-refractivity contribution in [2.45, 2.75) is 32.7 Å².